The second-order valence-electron chi connectivity index (χ2n) is 4.34. The number of carboxylic acids is 1. The number of hydrogen-bond acceptors (Lipinski definition) is 6. The number of aliphatic carboxylic acids is 1. The Balaban J connectivity index is 1.98. The lowest BCUT2D eigenvalue weighted by molar-refractivity contribution is -0.384. The summed E-state index contributed by atoms with van der Waals surface area (Å²) >= 11 is 1.19. The molecule has 0 saturated heterocycles. The molecule has 0 spiro atoms. The first kappa shape index (κ1) is 15.6. The molecule has 2 aromatic rings. The topological polar surface area (TPSA) is 122 Å². The summed E-state index contributed by atoms with van der Waals surface area (Å²) in [5.41, 5.74) is 0.605. The van der Waals surface area contributed by atoms with E-state index < -0.39 is 10.9 Å². The highest BCUT2D eigenvalue weighted by molar-refractivity contribution is 7.09. The Morgan fingerprint density at radius 3 is 2.82 bits per heavy atom. The molecule has 0 radical (unpaired) electrons. The van der Waals surface area contributed by atoms with Crippen molar-refractivity contribution in [2.45, 2.75) is 12.8 Å². The van der Waals surface area contributed by atoms with Gasteiger partial charge in [-0.05, 0) is 6.07 Å². The molecule has 1 amide bonds. The molecule has 0 saturated carbocycles. The Morgan fingerprint density at radius 1 is 1.36 bits per heavy atom. The number of nitrogens with zero attached hydrogens (tertiary/aromatic N) is 2. The highest BCUT2D eigenvalue weighted by atomic mass is 32.1. The minimum absolute atomic E-state index is 0.0209. The monoisotopic (exact) mass is 321 g/mol. The Bertz CT molecular complexity index is 728. The van der Waals surface area contributed by atoms with E-state index in [4.69, 9.17) is 5.11 Å². The summed E-state index contributed by atoms with van der Waals surface area (Å²) in [7, 11) is 0. The second kappa shape index (κ2) is 6.76. The van der Waals surface area contributed by atoms with Gasteiger partial charge in [-0.3, -0.25) is 19.7 Å². The molecule has 1 aromatic carbocycles. The van der Waals surface area contributed by atoms with Crippen LogP contribution in [-0.4, -0.2) is 26.9 Å². The van der Waals surface area contributed by atoms with Crippen LogP contribution in [0.4, 0.5) is 11.4 Å². The van der Waals surface area contributed by atoms with Crippen molar-refractivity contribution in [3.63, 3.8) is 0 Å². The number of nitrogens with one attached hydrogen (secondary N) is 1. The number of non-ortho nitro benzene ring substituents is 1. The van der Waals surface area contributed by atoms with Crippen LogP contribution >= 0.6 is 11.3 Å². The lowest BCUT2D eigenvalue weighted by Gasteiger charge is -2.03. The lowest BCUT2D eigenvalue weighted by Crippen LogP contribution is -2.14. The summed E-state index contributed by atoms with van der Waals surface area (Å²) < 4.78 is 0. The largest absolute Gasteiger partial charge is 0.481 e. The van der Waals surface area contributed by atoms with Gasteiger partial charge in [0.2, 0.25) is 5.91 Å². The number of carbonyl (C=O) groups is 2. The minimum atomic E-state index is -0.988. The van der Waals surface area contributed by atoms with Gasteiger partial charge in [0.05, 0.1) is 23.5 Å². The van der Waals surface area contributed by atoms with Gasteiger partial charge in [0.1, 0.15) is 5.01 Å². The molecule has 114 valence electrons. The molecule has 9 heteroatoms. The van der Waals surface area contributed by atoms with Crippen molar-refractivity contribution in [2.24, 2.45) is 0 Å². The average Bonchev–Trinajstić information content (AvgIpc) is 2.85. The van der Waals surface area contributed by atoms with E-state index in [0.717, 1.165) is 0 Å². The number of hydrogen-bond donors (Lipinski definition) is 2. The zero-order valence-corrected chi connectivity index (χ0v) is 12.0. The summed E-state index contributed by atoms with van der Waals surface area (Å²) in [5.74, 6) is -1.37. The molecule has 0 aliphatic carbocycles. The molecule has 0 aliphatic heterocycles. The van der Waals surface area contributed by atoms with Crippen LogP contribution in [0.2, 0.25) is 0 Å². The predicted octanol–water partition coefficient (Wildman–Crippen LogP) is 1.86. The molecule has 8 nitrogen and oxygen atoms in total. The van der Waals surface area contributed by atoms with Crippen LogP contribution in [0.3, 0.4) is 0 Å². The van der Waals surface area contributed by atoms with Gasteiger partial charge < -0.3 is 10.4 Å². The highest BCUT2D eigenvalue weighted by Crippen LogP contribution is 2.18. The van der Waals surface area contributed by atoms with Gasteiger partial charge in [-0.1, -0.05) is 6.07 Å². The van der Waals surface area contributed by atoms with Crippen molar-refractivity contribution >= 4 is 34.6 Å². The zero-order valence-electron chi connectivity index (χ0n) is 11.2. The Labute approximate surface area is 128 Å². The first-order valence-corrected chi connectivity index (χ1v) is 7.01. The van der Waals surface area contributed by atoms with E-state index >= 15 is 0 Å². The highest BCUT2D eigenvalue weighted by Gasteiger charge is 2.12. The number of anilines is 1. The van der Waals surface area contributed by atoms with Crippen molar-refractivity contribution in [3.8, 4) is 0 Å². The van der Waals surface area contributed by atoms with E-state index in [1.54, 1.807) is 11.4 Å². The van der Waals surface area contributed by atoms with Crippen LogP contribution in [0.1, 0.15) is 10.7 Å². The van der Waals surface area contributed by atoms with Crippen LogP contribution < -0.4 is 5.32 Å². The molecule has 0 atom stereocenters. The summed E-state index contributed by atoms with van der Waals surface area (Å²) in [4.78, 5) is 36.6. The molecule has 22 heavy (non-hydrogen) atoms. The molecule has 0 aliphatic rings. The predicted molar refractivity (Wildman–Crippen MR) is 78.9 cm³/mol. The third-order valence-corrected chi connectivity index (χ3v) is 3.48. The molecule has 2 N–H and O–H groups in total. The standard InChI is InChI=1S/C13H11N3O5S/c17-11(6-12-15-9(7-22-12)5-13(18)19)14-8-2-1-3-10(4-8)16(20)21/h1-4,7H,5-6H2,(H,14,17)(H,18,19). The number of rotatable bonds is 6. The van der Waals surface area contributed by atoms with Gasteiger partial charge in [-0.2, -0.15) is 0 Å². The summed E-state index contributed by atoms with van der Waals surface area (Å²) in [6.07, 6.45) is -0.212. The van der Waals surface area contributed by atoms with Crippen LogP contribution in [0, 0.1) is 10.1 Å². The van der Waals surface area contributed by atoms with Gasteiger partial charge in [0, 0.05) is 23.2 Å². The van der Waals surface area contributed by atoms with E-state index in [0.29, 0.717) is 16.4 Å². The van der Waals surface area contributed by atoms with Gasteiger partial charge in [-0.25, -0.2) is 4.98 Å². The summed E-state index contributed by atoms with van der Waals surface area (Å²) in [5, 5.41) is 23.9. The summed E-state index contributed by atoms with van der Waals surface area (Å²) in [6, 6.07) is 5.61. The van der Waals surface area contributed by atoms with Crippen molar-refractivity contribution in [1.82, 2.24) is 4.98 Å². The Hall–Kier alpha value is -2.81. The molecule has 0 fully saturated rings. The fraction of sp³-hybridized carbons (Fsp3) is 0.154. The molecular weight excluding hydrogens is 310 g/mol. The maximum atomic E-state index is 11.9. The number of nitro benzene ring substituents is 1. The maximum Gasteiger partial charge on any atom is 0.309 e. The van der Waals surface area contributed by atoms with Crippen molar-refractivity contribution in [2.75, 3.05) is 5.32 Å². The van der Waals surface area contributed by atoms with Gasteiger partial charge in [0.15, 0.2) is 0 Å². The number of thiazole rings is 1. The third kappa shape index (κ3) is 4.35. The Kier molecular flexibility index (Phi) is 4.79. The molecule has 2 rings (SSSR count). The van der Waals surface area contributed by atoms with Gasteiger partial charge in [-0.15, -0.1) is 11.3 Å². The third-order valence-electron chi connectivity index (χ3n) is 2.58. The number of amides is 1. The molecule has 0 unspecified atom stereocenters. The van der Waals surface area contributed by atoms with E-state index in [2.05, 4.69) is 10.3 Å². The first-order chi connectivity index (χ1) is 10.4. The second-order valence-corrected chi connectivity index (χ2v) is 5.28. The molecule has 1 aromatic heterocycles. The van der Waals surface area contributed by atoms with Gasteiger partial charge >= 0.3 is 5.97 Å². The van der Waals surface area contributed by atoms with Crippen LogP contribution in [0.5, 0.6) is 0 Å². The average molecular weight is 321 g/mol. The number of nitro groups is 1. The van der Waals surface area contributed by atoms with Crippen molar-refractivity contribution < 1.29 is 19.6 Å². The molecule has 0 bridgehead atoms. The smallest absolute Gasteiger partial charge is 0.309 e. The fourth-order valence-electron chi connectivity index (χ4n) is 1.71. The zero-order chi connectivity index (χ0) is 16.1. The quantitative estimate of drug-likeness (QED) is 0.618. The maximum absolute atomic E-state index is 11.9. The Morgan fingerprint density at radius 2 is 2.14 bits per heavy atom. The molecular formula is C13H11N3O5S. The number of carboxylic acid groups (broad SMARTS) is 1. The van der Waals surface area contributed by atoms with E-state index in [1.165, 1.54) is 29.5 Å². The van der Waals surface area contributed by atoms with E-state index in [-0.39, 0.29) is 24.4 Å². The SMILES string of the molecule is O=C(O)Cc1csc(CC(=O)Nc2cccc([N+](=O)[O-])c2)n1. The number of carbonyl (C=O) groups excluding carboxylic acids is 1. The minimum Gasteiger partial charge on any atom is -0.481 e. The number of benzene rings is 1. The van der Waals surface area contributed by atoms with Crippen molar-refractivity contribution in [3.05, 3.63) is 50.5 Å². The van der Waals surface area contributed by atoms with Crippen molar-refractivity contribution in [1.29, 1.82) is 0 Å². The van der Waals surface area contributed by atoms with Crippen LogP contribution in [-0.2, 0) is 22.4 Å². The first-order valence-electron chi connectivity index (χ1n) is 6.13. The fourth-order valence-corrected chi connectivity index (χ4v) is 2.50. The number of aromatic nitrogens is 1. The molecule has 1 heterocycles. The van der Waals surface area contributed by atoms with Crippen LogP contribution in [0.25, 0.3) is 0 Å². The van der Waals surface area contributed by atoms with E-state index in [9.17, 15) is 19.7 Å². The van der Waals surface area contributed by atoms with Crippen LogP contribution in [0.15, 0.2) is 29.6 Å². The normalized spacial score (nSPS) is 10.2. The van der Waals surface area contributed by atoms with E-state index in [1.807, 2.05) is 0 Å². The lowest BCUT2D eigenvalue weighted by atomic mass is 10.2. The van der Waals surface area contributed by atoms with Gasteiger partial charge in [0.25, 0.3) is 5.69 Å². The summed E-state index contributed by atoms with van der Waals surface area (Å²) in [6.45, 7) is 0.